The Morgan fingerprint density at radius 3 is 2.27 bits per heavy atom. The lowest BCUT2D eigenvalue weighted by molar-refractivity contribution is 0.0241. The van der Waals surface area contributed by atoms with Crippen molar-refractivity contribution in [3.8, 4) is 0 Å². The zero-order valence-electron chi connectivity index (χ0n) is 13.6. The highest BCUT2D eigenvalue weighted by Gasteiger charge is 2.38. The van der Waals surface area contributed by atoms with Crippen LogP contribution in [0.15, 0.2) is 0 Å². The van der Waals surface area contributed by atoms with Crippen molar-refractivity contribution in [3.63, 3.8) is 0 Å². The average molecular weight is 330 g/mol. The molecule has 1 N–H and O–H groups in total. The van der Waals surface area contributed by atoms with Crippen molar-refractivity contribution in [2.24, 2.45) is 17.8 Å². The largest absolute Gasteiger partial charge is 0.393 e. The number of hydrogen-bond acceptors (Lipinski definition) is 3. The first-order valence-electron chi connectivity index (χ1n) is 9.22. The quantitative estimate of drug-likeness (QED) is 0.844. The van der Waals surface area contributed by atoms with Gasteiger partial charge < -0.3 is 5.11 Å². The number of aliphatic hydroxyl groups excluding tert-OH is 1. The van der Waals surface area contributed by atoms with Crippen molar-refractivity contribution >= 4 is 10.0 Å². The Morgan fingerprint density at radius 2 is 1.59 bits per heavy atom. The average Bonchev–Trinajstić information content (AvgIpc) is 3.19. The fourth-order valence-electron chi connectivity index (χ4n) is 4.78. The Labute approximate surface area is 135 Å². The molecule has 2 aliphatic carbocycles. The lowest BCUT2D eigenvalue weighted by atomic mass is 9.83. The van der Waals surface area contributed by atoms with Gasteiger partial charge in [0.25, 0.3) is 0 Å². The summed E-state index contributed by atoms with van der Waals surface area (Å²) in [6.07, 6.45) is 10.9. The molecule has 0 aromatic heterocycles. The smallest absolute Gasteiger partial charge is 0.214 e. The molecule has 4 nitrogen and oxygen atoms in total. The SMILES string of the molecule is O=S(=O)(CCC1CCCC1)N1CC[C@H](O)[C@@H](C2CCCC2)C1. The summed E-state index contributed by atoms with van der Waals surface area (Å²) in [6.45, 7) is 1.07. The predicted molar refractivity (Wildman–Crippen MR) is 88.0 cm³/mol. The predicted octanol–water partition coefficient (Wildman–Crippen LogP) is 2.77. The van der Waals surface area contributed by atoms with Crippen LogP contribution in [0.1, 0.15) is 64.2 Å². The van der Waals surface area contributed by atoms with E-state index in [1.807, 2.05) is 0 Å². The molecule has 1 aliphatic heterocycles. The zero-order valence-corrected chi connectivity index (χ0v) is 14.4. The molecule has 0 aromatic carbocycles. The van der Waals surface area contributed by atoms with Gasteiger partial charge in [0.15, 0.2) is 0 Å². The number of sulfonamides is 1. The van der Waals surface area contributed by atoms with Crippen LogP contribution in [0.4, 0.5) is 0 Å². The van der Waals surface area contributed by atoms with Gasteiger partial charge in [-0.15, -0.1) is 0 Å². The lowest BCUT2D eigenvalue weighted by Crippen LogP contribution is -2.48. The van der Waals surface area contributed by atoms with Gasteiger partial charge in [-0.05, 0) is 24.7 Å². The minimum atomic E-state index is -3.13. The third-order valence-electron chi connectivity index (χ3n) is 6.24. The van der Waals surface area contributed by atoms with Crippen molar-refractivity contribution in [1.82, 2.24) is 4.31 Å². The third-order valence-corrected chi connectivity index (χ3v) is 8.11. The van der Waals surface area contributed by atoms with E-state index in [0.29, 0.717) is 37.1 Å². The molecule has 1 heterocycles. The molecule has 0 aromatic rings. The normalized spacial score (nSPS) is 32.8. The first-order chi connectivity index (χ1) is 10.6. The van der Waals surface area contributed by atoms with E-state index in [-0.39, 0.29) is 12.0 Å². The standard InChI is InChI=1S/C17H31NO3S/c19-17-9-11-18(13-16(17)15-7-3-4-8-15)22(20,21)12-10-14-5-1-2-6-14/h14-17,19H,1-13H2/t16-,17+/m1/s1. The van der Waals surface area contributed by atoms with Crippen LogP contribution in [0.3, 0.4) is 0 Å². The van der Waals surface area contributed by atoms with E-state index in [1.165, 1.54) is 38.5 Å². The van der Waals surface area contributed by atoms with E-state index in [1.54, 1.807) is 4.31 Å². The second kappa shape index (κ2) is 7.18. The fourth-order valence-corrected chi connectivity index (χ4v) is 6.46. The number of hydrogen-bond donors (Lipinski definition) is 1. The molecule has 1 saturated heterocycles. The van der Waals surface area contributed by atoms with Gasteiger partial charge in [-0.3, -0.25) is 0 Å². The van der Waals surface area contributed by atoms with E-state index in [2.05, 4.69) is 0 Å². The van der Waals surface area contributed by atoms with E-state index in [9.17, 15) is 13.5 Å². The molecule has 22 heavy (non-hydrogen) atoms. The molecule has 3 rings (SSSR count). The molecule has 128 valence electrons. The number of aliphatic hydroxyl groups is 1. The molecule has 3 fully saturated rings. The van der Waals surface area contributed by atoms with Crippen LogP contribution in [-0.2, 0) is 10.0 Å². The Morgan fingerprint density at radius 1 is 0.955 bits per heavy atom. The summed E-state index contributed by atoms with van der Waals surface area (Å²) < 4.78 is 27.0. The van der Waals surface area contributed by atoms with Gasteiger partial charge in [-0.2, -0.15) is 0 Å². The van der Waals surface area contributed by atoms with Crippen LogP contribution < -0.4 is 0 Å². The van der Waals surface area contributed by atoms with Crippen LogP contribution in [0, 0.1) is 17.8 Å². The van der Waals surface area contributed by atoms with E-state index >= 15 is 0 Å². The van der Waals surface area contributed by atoms with Crippen molar-refractivity contribution in [3.05, 3.63) is 0 Å². The monoisotopic (exact) mass is 329 g/mol. The molecule has 3 aliphatic rings. The molecule has 0 radical (unpaired) electrons. The van der Waals surface area contributed by atoms with Gasteiger partial charge in [0.05, 0.1) is 11.9 Å². The Balaban J connectivity index is 1.57. The highest BCUT2D eigenvalue weighted by atomic mass is 32.2. The second-order valence-electron chi connectivity index (χ2n) is 7.68. The summed E-state index contributed by atoms with van der Waals surface area (Å²) in [5, 5.41) is 10.3. The fraction of sp³-hybridized carbons (Fsp3) is 1.00. The van der Waals surface area contributed by atoms with Crippen molar-refractivity contribution in [1.29, 1.82) is 0 Å². The number of nitrogens with zero attached hydrogens (tertiary/aromatic N) is 1. The molecule has 5 heteroatoms. The van der Waals surface area contributed by atoms with Crippen molar-refractivity contribution in [2.45, 2.75) is 70.3 Å². The van der Waals surface area contributed by atoms with Gasteiger partial charge in [-0.1, -0.05) is 51.4 Å². The van der Waals surface area contributed by atoms with Crippen LogP contribution in [-0.4, -0.2) is 42.8 Å². The van der Waals surface area contributed by atoms with Gasteiger partial charge >= 0.3 is 0 Å². The highest BCUT2D eigenvalue weighted by Crippen LogP contribution is 2.37. The molecule has 0 amide bonds. The second-order valence-corrected chi connectivity index (χ2v) is 9.77. The summed E-state index contributed by atoms with van der Waals surface area (Å²) in [6, 6.07) is 0. The molecule has 2 atom stereocenters. The number of piperidine rings is 1. The van der Waals surface area contributed by atoms with Crippen LogP contribution in [0.5, 0.6) is 0 Å². The molecular formula is C17H31NO3S. The van der Waals surface area contributed by atoms with Crippen LogP contribution >= 0.6 is 0 Å². The highest BCUT2D eigenvalue weighted by molar-refractivity contribution is 7.89. The van der Waals surface area contributed by atoms with E-state index in [0.717, 1.165) is 19.3 Å². The molecule has 0 spiro atoms. The molecular weight excluding hydrogens is 298 g/mol. The maximum absolute atomic E-state index is 12.7. The maximum atomic E-state index is 12.7. The van der Waals surface area contributed by atoms with Gasteiger partial charge in [-0.25, -0.2) is 12.7 Å². The maximum Gasteiger partial charge on any atom is 0.214 e. The number of rotatable bonds is 5. The van der Waals surface area contributed by atoms with Crippen LogP contribution in [0.2, 0.25) is 0 Å². The summed E-state index contributed by atoms with van der Waals surface area (Å²) in [5.74, 6) is 1.63. The summed E-state index contributed by atoms with van der Waals surface area (Å²) in [7, 11) is -3.13. The van der Waals surface area contributed by atoms with Crippen molar-refractivity contribution < 1.29 is 13.5 Å². The first-order valence-corrected chi connectivity index (χ1v) is 10.8. The molecule has 2 saturated carbocycles. The first kappa shape index (κ1) is 16.7. The van der Waals surface area contributed by atoms with Gasteiger partial charge in [0.1, 0.15) is 0 Å². The van der Waals surface area contributed by atoms with E-state index < -0.39 is 10.0 Å². The lowest BCUT2D eigenvalue weighted by Gasteiger charge is -2.38. The minimum Gasteiger partial charge on any atom is -0.393 e. The summed E-state index contributed by atoms with van der Waals surface area (Å²) in [5.41, 5.74) is 0. The third kappa shape index (κ3) is 3.85. The Kier molecular flexibility index (Phi) is 5.46. The topological polar surface area (TPSA) is 57.6 Å². The zero-order chi connectivity index (χ0) is 15.6. The summed E-state index contributed by atoms with van der Waals surface area (Å²) in [4.78, 5) is 0. The Hall–Kier alpha value is -0.130. The van der Waals surface area contributed by atoms with Crippen molar-refractivity contribution in [2.75, 3.05) is 18.8 Å². The summed E-state index contributed by atoms with van der Waals surface area (Å²) >= 11 is 0. The van der Waals surface area contributed by atoms with Crippen LogP contribution in [0.25, 0.3) is 0 Å². The van der Waals surface area contributed by atoms with Gasteiger partial charge in [0.2, 0.25) is 10.0 Å². The van der Waals surface area contributed by atoms with Gasteiger partial charge in [0, 0.05) is 19.0 Å². The minimum absolute atomic E-state index is 0.164. The Bertz CT molecular complexity index is 453. The van der Waals surface area contributed by atoms with E-state index in [4.69, 9.17) is 0 Å². The molecule has 0 bridgehead atoms. The molecule has 0 unspecified atom stereocenters.